The fourth-order valence-corrected chi connectivity index (χ4v) is 7.17. The van der Waals surface area contributed by atoms with Crippen LogP contribution in [0.3, 0.4) is 0 Å². The Morgan fingerprint density at radius 1 is 1.05 bits per heavy atom. The Balaban J connectivity index is 1.35. The number of halogens is 1. The molecule has 3 aromatic rings. The van der Waals surface area contributed by atoms with Gasteiger partial charge in [-0.3, -0.25) is 9.57 Å². The summed E-state index contributed by atoms with van der Waals surface area (Å²) in [4.78, 5) is 15.6. The maximum absolute atomic E-state index is 13.7. The topological polar surface area (TPSA) is 115 Å². The van der Waals surface area contributed by atoms with E-state index in [9.17, 15) is 18.7 Å². The normalized spacial score (nSPS) is 23.2. The molecule has 0 radical (unpaired) electrons. The lowest BCUT2D eigenvalue weighted by Gasteiger charge is -2.31. The minimum atomic E-state index is -2.47. The van der Waals surface area contributed by atoms with Crippen LogP contribution < -0.4 is 10.2 Å². The third kappa shape index (κ3) is 5.35. The van der Waals surface area contributed by atoms with Gasteiger partial charge in [-0.25, -0.2) is 13.3 Å². The smallest absolute Gasteiger partial charge is 0.225 e. The van der Waals surface area contributed by atoms with E-state index in [-0.39, 0.29) is 23.6 Å². The van der Waals surface area contributed by atoms with Crippen molar-refractivity contribution in [1.29, 1.82) is 10.0 Å². The van der Waals surface area contributed by atoms with Crippen LogP contribution >= 0.6 is 0 Å². The van der Waals surface area contributed by atoms with Gasteiger partial charge in [-0.05, 0) is 67.6 Å². The highest BCUT2D eigenvalue weighted by atomic mass is 32.2. The number of hydrogen-bond donors (Lipinski definition) is 2. The summed E-state index contributed by atoms with van der Waals surface area (Å²) in [6.07, 6.45) is 6.86. The fourth-order valence-electron chi connectivity index (χ4n) is 5.94. The first-order valence-electron chi connectivity index (χ1n) is 13.9. The highest BCUT2D eigenvalue weighted by Gasteiger charge is 2.47. The van der Waals surface area contributed by atoms with Crippen LogP contribution in [0.4, 0.5) is 10.1 Å². The molecule has 8 nitrogen and oxygen atoms in total. The molecule has 10 heteroatoms. The predicted molar refractivity (Wildman–Crippen MR) is 152 cm³/mol. The SMILES string of the molecule is N#CC1(NC(=O)[C@@H]2CCCC[C@H]2c2nn(-c3ccc(F)cc3)cc2-c2ccc(N3CCS(=N)(=O)CC3)cc2)CC1. The van der Waals surface area contributed by atoms with Crippen LogP contribution in [0.25, 0.3) is 16.8 Å². The second-order valence-corrected chi connectivity index (χ2v) is 13.7. The van der Waals surface area contributed by atoms with Crippen molar-refractivity contribution >= 4 is 21.3 Å². The van der Waals surface area contributed by atoms with Crippen molar-refractivity contribution in [3.63, 3.8) is 0 Å². The zero-order chi connectivity index (χ0) is 27.9. The van der Waals surface area contributed by atoms with Gasteiger partial charge in [0.05, 0.1) is 17.5 Å². The zero-order valence-corrected chi connectivity index (χ0v) is 23.1. The molecule has 0 bridgehead atoms. The number of nitriles is 1. The van der Waals surface area contributed by atoms with Crippen LogP contribution in [0.15, 0.2) is 54.7 Å². The summed E-state index contributed by atoms with van der Waals surface area (Å²) in [6, 6.07) is 16.6. The number of benzene rings is 2. The first-order valence-corrected chi connectivity index (χ1v) is 15.8. The van der Waals surface area contributed by atoms with Crippen LogP contribution in [0, 0.1) is 27.8 Å². The van der Waals surface area contributed by atoms with Gasteiger partial charge in [0.2, 0.25) is 5.91 Å². The minimum Gasteiger partial charge on any atom is -0.370 e. The standard InChI is InChI=1S/C30H33FN6O2S/c31-22-7-11-24(12-8-22)37-19-27(21-5-9-23(10-6-21)36-15-17-40(33,39)18-16-36)28(35-37)25-3-1-2-4-26(25)29(38)34-30(20-32)13-14-30/h5-12,19,25-26,33H,1-4,13-18H2,(H,34,38)/t25-,26-/m1/s1. The molecule has 2 saturated carbocycles. The summed E-state index contributed by atoms with van der Waals surface area (Å²) in [5, 5.41) is 17.6. The molecule has 1 saturated heterocycles. The van der Waals surface area contributed by atoms with E-state index in [1.165, 1.54) is 12.1 Å². The van der Waals surface area contributed by atoms with Gasteiger partial charge in [-0.15, -0.1) is 0 Å². The summed E-state index contributed by atoms with van der Waals surface area (Å²) in [7, 11) is -2.47. The number of nitrogens with zero attached hydrogens (tertiary/aromatic N) is 4. The molecule has 3 fully saturated rings. The molecule has 2 aliphatic carbocycles. The largest absolute Gasteiger partial charge is 0.370 e. The van der Waals surface area contributed by atoms with E-state index >= 15 is 0 Å². The lowest BCUT2D eigenvalue weighted by Crippen LogP contribution is -2.42. The molecular weight excluding hydrogens is 527 g/mol. The Bertz CT molecular complexity index is 1540. The molecule has 2 heterocycles. The van der Waals surface area contributed by atoms with Crippen LogP contribution in [0.5, 0.6) is 0 Å². The molecule has 1 amide bonds. The molecule has 3 aliphatic rings. The van der Waals surface area contributed by atoms with E-state index in [4.69, 9.17) is 9.88 Å². The van der Waals surface area contributed by atoms with Crippen LogP contribution in [-0.4, -0.2) is 50.0 Å². The predicted octanol–water partition coefficient (Wildman–Crippen LogP) is 4.99. The van der Waals surface area contributed by atoms with Crippen molar-refractivity contribution in [3.8, 4) is 22.9 Å². The first-order chi connectivity index (χ1) is 19.3. The Labute approximate surface area is 234 Å². The van der Waals surface area contributed by atoms with E-state index in [0.717, 1.165) is 53.9 Å². The molecule has 6 rings (SSSR count). The van der Waals surface area contributed by atoms with Crippen molar-refractivity contribution < 1.29 is 13.4 Å². The first kappa shape index (κ1) is 26.5. The summed E-state index contributed by atoms with van der Waals surface area (Å²) in [5.74, 6) is -0.0173. The van der Waals surface area contributed by atoms with Gasteiger partial charge in [-0.2, -0.15) is 10.4 Å². The van der Waals surface area contributed by atoms with Crippen molar-refractivity contribution in [2.75, 3.05) is 29.5 Å². The molecule has 1 aliphatic heterocycles. The monoisotopic (exact) mass is 560 g/mol. The summed E-state index contributed by atoms with van der Waals surface area (Å²) >= 11 is 0. The molecule has 0 spiro atoms. The van der Waals surface area contributed by atoms with Gasteiger partial charge in [0.25, 0.3) is 0 Å². The average Bonchev–Trinajstić information content (AvgIpc) is 3.60. The van der Waals surface area contributed by atoms with E-state index < -0.39 is 15.3 Å². The lowest BCUT2D eigenvalue weighted by molar-refractivity contribution is -0.127. The van der Waals surface area contributed by atoms with E-state index in [0.29, 0.717) is 37.4 Å². The number of nitrogens with one attached hydrogen (secondary N) is 2. The molecule has 2 atom stereocenters. The zero-order valence-electron chi connectivity index (χ0n) is 22.3. The van der Waals surface area contributed by atoms with Crippen LogP contribution in [-0.2, 0) is 14.5 Å². The maximum atomic E-state index is 13.7. The number of aromatic nitrogens is 2. The van der Waals surface area contributed by atoms with Gasteiger partial charge in [0.1, 0.15) is 11.4 Å². The number of amides is 1. The Kier molecular flexibility index (Phi) is 6.87. The number of carbonyl (C=O) groups excluding carboxylic acids is 1. The number of carbonyl (C=O) groups is 1. The van der Waals surface area contributed by atoms with Crippen LogP contribution in [0.2, 0.25) is 0 Å². The van der Waals surface area contributed by atoms with Crippen LogP contribution in [0.1, 0.15) is 50.1 Å². The minimum absolute atomic E-state index is 0.0718. The third-order valence-corrected chi connectivity index (χ3v) is 10.2. The Hall–Kier alpha value is -3.71. The molecule has 0 unspecified atom stereocenters. The molecule has 208 valence electrons. The lowest BCUT2D eigenvalue weighted by atomic mass is 9.75. The number of hydrogen-bond acceptors (Lipinski definition) is 6. The summed E-state index contributed by atoms with van der Waals surface area (Å²) < 4.78 is 35.4. The maximum Gasteiger partial charge on any atom is 0.225 e. The molecule has 40 heavy (non-hydrogen) atoms. The van der Waals surface area contributed by atoms with E-state index in [2.05, 4.69) is 16.3 Å². The van der Waals surface area contributed by atoms with E-state index in [1.54, 1.807) is 16.8 Å². The van der Waals surface area contributed by atoms with Gasteiger partial charge >= 0.3 is 0 Å². The third-order valence-electron chi connectivity index (χ3n) is 8.54. The molecule has 2 N–H and O–H groups in total. The molecule has 2 aromatic carbocycles. The van der Waals surface area contributed by atoms with Crippen molar-refractivity contribution in [2.45, 2.75) is 50.0 Å². The number of rotatable bonds is 6. The second-order valence-electron chi connectivity index (χ2n) is 11.3. The van der Waals surface area contributed by atoms with Crippen molar-refractivity contribution in [2.24, 2.45) is 5.92 Å². The fraction of sp³-hybridized carbons (Fsp3) is 0.433. The second kappa shape index (κ2) is 10.4. The highest BCUT2D eigenvalue weighted by molar-refractivity contribution is 7.92. The summed E-state index contributed by atoms with van der Waals surface area (Å²) in [5.41, 5.74) is 3.77. The van der Waals surface area contributed by atoms with Gasteiger partial charge in [0.15, 0.2) is 0 Å². The Morgan fingerprint density at radius 2 is 1.70 bits per heavy atom. The van der Waals surface area contributed by atoms with Crippen molar-refractivity contribution in [3.05, 3.63) is 66.2 Å². The number of anilines is 1. The molecular formula is C30H33FN6O2S. The summed E-state index contributed by atoms with van der Waals surface area (Å²) in [6.45, 7) is 1.19. The van der Waals surface area contributed by atoms with Gasteiger partial charge in [-0.1, -0.05) is 25.0 Å². The van der Waals surface area contributed by atoms with Gasteiger partial charge in [0, 0.05) is 63.6 Å². The quantitative estimate of drug-likeness (QED) is 0.441. The van der Waals surface area contributed by atoms with Crippen molar-refractivity contribution in [1.82, 2.24) is 15.1 Å². The van der Waals surface area contributed by atoms with E-state index in [1.807, 2.05) is 30.5 Å². The molecule has 1 aromatic heterocycles. The highest BCUT2D eigenvalue weighted by Crippen LogP contribution is 2.43. The Morgan fingerprint density at radius 3 is 2.35 bits per heavy atom. The van der Waals surface area contributed by atoms with Gasteiger partial charge < -0.3 is 10.2 Å². The average molecular weight is 561 g/mol.